The van der Waals surface area contributed by atoms with Gasteiger partial charge in [-0.1, -0.05) is 88.6 Å². The molecule has 2 aromatic rings. The number of carbonyl (C=O) groups is 3. The zero-order chi connectivity index (χ0) is 31.4. The predicted octanol–water partition coefficient (Wildman–Crippen LogP) is 6.62. The van der Waals surface area contributed by atoms with Gasteiger partial charge in [0.2, 0.25) is 11.8 Å². The largest absolute Gasteiger partial charge is 0.444 e. The van der Waals surface area contributed by atoms with Crippen molar-refractivity contribution in [3.8, 4) is 12.3 Å². The second-order valence-corrected chi connectivity index (χ2v) is 12.4. The van der Waals surface area contributed by atoms with Crippen LogP contribution in [0.25, 0.3) is 0 Å². The lowest BCUT2D eigenvalue weighted by Crippen LogP contribution is -2.57. The summed E-state index contributed by atoms with van der Waals surface area (Å²) in [6.07, 6.45) is 7.38. The maximum atomic E-state index is 14.6. The van der Waals surface area contributed by atoms with Crippen LogP contribution >= 0.6 is 0 Å². The van der Waals surface area contributed by atoms with Crippen LogP contribution in [0.15, 0.2) is 54.6 Å². The van der Waals surface area contributed by atoms with Gasteiger partial charge >= 0.3 is 6.09 Å². The molecule has 228 valence electrons. The van der Waals surface area contributed by atoms with Gasteiger partial charge in [0.1, 0.15) is 17.7 Å². The molecule has 2 rings (SSSR count). The molecular formula is C35H49N3O4. The number of carbonyl (C=O) groups excluding carboxylic acids is 3. The first kappa shape index (κ1) is 34.4. The van der Waals surface area contributed by atoms with Crippen molar-refractivity contribution in [3.63, 3.8) is 0 Å². The Balaban J connectivity index is 2.64. The monoisotopic (exact) mass is 575 g/mol. The molecule has 0 saturated carbocycles. The Morgan fingerprint density at radius 3 is 2.14 bits per heavy atom. The number of ether oxygens (including phenoxy) is 1. The van der Waals surface area contributed by atoms with E-state index in [1.807, 2.05) is 63.2 Å². The number of hydrogen-bond donors (Lipinski definition) is 2. The molecule has 4 unspecified atom stereocenters. The minimum absolute atomic E-state index is 0.222. The summed E-state index contributed by atoms with van der Waals surface area (Å²) in [5, 5.41) is 5.88. The summed E-state index contributed by atoms with van der Waals surface area (Å²) in [5.41, 5.74) is 1.30. The van der Waals surface area contributed by atoms with Gasteiger partial charge in [-0.25, -0.2) is 4.79 Å². The Bertz CT molecular complexity index is 1210. The van der Waals surface area contributed by atoms with E-state index in [9.17, 15) is 14.4 Å². The molecule has 0 aliphatic carbocycles. The van der Waals surface area contributed by atoms with Gasteiger partial charge in [0.15, 0.2) is 0 Å². The maximum Gasteiger partial charge on any atom is 0.408 e. The van der Waals surface area contributed by atoms with Gasteiger partial charge in [0.05, 0.1) is 0 Å². The van der Waals surface area contributed by atoms with Crippen molar-refractivity contribution in [2.24, 2.45) is 11.8 Å². The summed E-state index contributed by atoms with van der Waals surface area (Å²) < 4.78 is 5.52. The second kappa shape index (κ2) is 16.0. The van der Waals surface area contributed by atoms with Crippen LogP contribution in [-0.2, 0) is 20.9 Å². The fraction of sp³-hybridized carbons (Fsp3) is 0.514. The average Bonchev–Trinajstić information content (AvgIpc) is 2.95. The molecule has 2 aromatic carbocycles. The highest BCUT2D eigenvalue weighted by Gasteiger charge is 2.41. The van der Waals surface area contributed by atoms with Gasteiger partial charge < -0.3 is 20.3 Å². The van der Waals surface area contributed by atoms with Gasteiger partial charge in [-0.2, -0.15) is 0 Å². The number of terminal acetylenes is 1. The minimum atomic E-state index is -1.01. The quantitative estimate of drug-likeness (QED) is 0.263. The molecule has 0 saturated heterocycles. The van der Waals surface area contributed by atoms with E-state index in [1.165, 1.54) is 0 Å². The molecule has 0 bridgehead atoms. The van der Waals surface area contributed by atoms with Crippen molar-refractivity contribution < 1.29 is 19.1 Å². The third kappa shape index (κ3) is 10.2. The van der Waals surface area contributed by atoms with Crippen LogP contribution in [0.2, 0.25) is 0 Å². The summed E-state index contributed by atoms with van der Waals surface area (Å²) in [4.78, 5) is 43.4. The van der Waals surface area contributed by atoms with Crippen LogP contribution in [0.4, 0.5) is 4.79 Å². The standard InChI is InChI=1S/C35H49N3O4/c1-10-25(5)30(37-34(41)42-35(7,8)9)33(40)38(26(6)22-21-24(3)4)31(29-20-16-15-19-28(29)11-2)32(39)36-23-27-17-13-12-14-18-27/h2,12-20,24-26,30-31H,10,21-23H2,1,3-9H3,(H,36,39)(H,37,41). The van der Waals surface area contributed by atoms with E-state index < -0.39 is 23.8 Å². The van der Waals surface area contributed by atoms with Gasteiger partial charge in [-0.15, -0.1) is 6.42 Å². The van der Waals surface area contributed by atoms with Crippen LogP contribution in [-0.4, -0.2) is 40.5 Å². The Morgan fingerprint density at radius 2 is 1.57 bits per heavy atom. The zero-order valence-electron chi connectivity index (χ0n) is 26.6. The van der Waals surface area contributed by atoms with Crippen LogP contribution in [0.3, 0.4) is 0 Å². The number of benzene rings is 2. The smallest absolute Gasteiger partial charge is 0.408 e. The Hall–Kier alpha value is -3.79. The number of rotatable bonds is 13. The van der Waals surface area contributed by atoms with Crippen LogP contribution in [0.1, 0.15) is 97.4 Å². The second-order valence-electron chi connectivity index (χ2n) is 12.4. The summed E-state index contributed by atoms with van der Waals surface area (Å²) in [5.74, 6) is 2.19. The third-order valence-corrected chi connectivity index (χ3v) is 7.29. The first-order valence-electron chi connectivity index (χ1n) is 15.0. The number of amides is 3. The molecule has 7 nitrogen and oxygen atoms in total. The Morgan fingerprint density at radius 1 is 0.952 bits per heavy atom. The lowest BCUT2D eigenvalue weighted by molar-refractivity contribution is -0.146. The lowest BCUT2D eigenvalue weighted by Gasteiger charge is -2.40. The van der Waals surface area contributed by atoms with Crippen LogP contribution in [0, 0.1) is 24.2 Å². The molecule has 0 spiro atoms. The molecular weight excluding hydrogens is 526 g/mol. The van der Waals surface area contributed by atoms with Gasteiger partial charge in [0, 0.05) is 18.2 Å². The summed E-state index contributed by atoms with van der Waals surface area (Å²) in [6, 6.07) is 14.6. The van der Waals surface area contributed by atoms with E-state index in [0.717, 1.165) is 12.0 Å². The highest BCUT2D eigenvalue weighted by atomic mass is 16.6. The lowest BCUT2D eigenvalue weighted by atomic mass is 9.91. The number of nitrogens with zero attached hydrogens (tertiary/aromatic N) is 1. The molecule has 0 fully saturated rings. The molecule has 3 amide bonds. The first-order valence-corrected chi connectivity index (χ1v) is 15.0. The summed E-state index contributed by atoms with van der Waals surface area (Å²) in [7, 11) is 0. The van der Waals surface area contributed by atoms with Crippen LogP contribution < -0.4 is 10.6 Å². The van der Waals surface area contributed by atoms with Crippen molar-refractivity contribution in [1.82, 2.24) is 15.5 Å². The Kier molecular flexibility index (Phi) is 13.1. The van der Waals surface area contributed by atoms with Gasteiger partial charge in [-0.3, -0.25) is 9.59 Å². The van der Waals surface area contributed by atoms with Crippen molar-refractivity contribution in [1.29, 1.82) is 0 Å². The average molecular weight is 576 g/mol. The zero-order valence-corrected chi connectivity index (χ0v) is 26.6. The molecule has 0 heterocycles. The Labute approximate surface area is 252 Å². The normalized spacial score (nSPS) is 14.2. The predicted molar refractivity (Wildman–Crippen MR) is 168 cm³/mol. The maximum absolute atomic E-state index is 14.6. The van der Waals surface area contributed by atoms with E-state index in [-0.39, 0.29) is 23.8 Å². The van der Waals surface area contributed by atoms with E-state index >= 15 is 0 Å². The molecule has 42 heavy (non-hydrogen) atoms. The topological polar surface area (TPSA) is 87.7 Å². The number of alkyl carbamates (subject to hydrolysis) is 1. The van der Waals surface area contributed by atoms with E-state index in [0.29, 0.717) is 36.4 Å². The van der Waals surface area contributed by atoms with Gasteiger partial charge in [0.25, 0.3) is 0 Å². The summed E-state index contributed by atoms with van der Waals surface area (Å²) in [6.45, 7) is 15.7. The summed E-state index contributed by atoms with van der Waals surface area (Å²) >= 11 is 0. The molecule has 2 N–H and O–H groups in total. The molecule has 0 aliphatic rings. The minimum Gasteiger partial charge on any atom is -0.444 e. The fourth-order valence-corrected chi connectivity index (χ4v) is 4.76. The van der Waals surface area contributed by atoms with Crippen molar-refractivity contribution >= 4 is 17.9 Å². The molecule has 0 aromatic heterocycles. The highest BCUT2D eigenvalue weighted by molar-refractivity contribution is 5.93. The third-order valence-electron chi connectivity index (χ3n) is 7.29. The van der Waals surface area contributed by atoms with Crippen molar-refractivity contribution in [2.45, 2.75) is 105 Å². The molecule has 0 radical (unpaired) electrons. The van der Waals surface area contributed by atoms with Crippen molar-refractivity contribution in [2.75, 3.05) is 0 Å². The van der Waals surface area contributed by atoms with E-state index in [2.05, 4.69) is 30.4 Å². The molecule has 0 aliphatic heterocycles. The molecule has 4 atom stereocenters. The van der Waals surface area contributed by atoms with E-state index in [4.69, 9.17) is 11.2 Å². The number of nitrogens with one attached hydrogen (secondary N) is 2. The van der Waals surface area contributed by atoms with Gasteiger partial charge in [-0.05, 0) is 69.6 Å². The van der Waals surface area contributed by atoms with Crippen molar-refractivity contribution in [3.05, 3.63) is 71.3 Å². The van der Waals surface area contributed by atoms with E-state index in [1.54, 1.807) is 37.8 Å². The number of hydrogen-bond acceptors (Lipinski definition) is 4. The SMILES string of the molecule is C#Cc1ccccc1C(C(=O)NCc1ccccc1)N(C(=O)C(NC(=O)OC(C)(C)C)C(C)CC)C(C)CCC(C)C. The first-order chi connectivity index (χ1) is 19.8. The highest BCUT2D eigenvalue weighted by Crippen LogP contribution is 2.31. The van der Waals surface area contributed by atoms with Crippen LogP contribution in [0.5, 0.6) is 0 Å². The molecule has 7 heteroatoms. The fourth-order valence-electron chi connectivity index (χ4n) is 4.76.